The fourth-order valence-corrected chi connectivity index (χ4v) is 3.84. The number of carbonyl (C=O) groups is 2. The highest BCUT2D eigenvalue weighted by Gasteiger charge is 2.31. The molecule has 1 aromatic carbocycles. The molecule has 0 aliphatic rings. The summed E-state index contributed by atoms with van der Waals surface area (Å²) >= 11 is 0. The van der Waals surface area contributed by atoms with Gasteiger partial charge < -0.3 is 21.1 Å². The van der Waals surface area contributed by atoms with Crippen molar-refractivity contribution in [2.45, 2.75) is 45.8 Å². The first-order valence-electron chi connectivity index (χ1n) is 9.02. The molecule has 0 aliphatic heterocycles. The predicted molar refractivity (Wildman–Crippen MR) is 109 cm³/mol. The third-order valence-corrected chi connectivity index (χ3v) is 4.85. The Morgan fingerprint density at radius 2 is 1.89 bits per heavy atom. The van der Waals surface area contributed by atoms with Crippen LogP contribution in [0.1, 0.15) is 38.1 Å². The highest BCUT2D eigenvalue weighted by molar-refractivity contribution is 6.10. The van der Waals surface area contributed by atoms with E-state index in [2.05, 4.69) is 4.98 Å². The van der Waals surface area contributed by atoms with Gasteiger partial charge >= 0.3 is 6.09 Å². The number of rotatable bonds is 4. The van der Waals surface area contributed by atoms with E-state index in [1.54, 1.807) is 6.07 Å². The van der Waals surface area contributed by atoms with Crippen LogP contribution in [0.4, 0.5) is 10.6 Å². The Hall–Kier alpha value is -3.29. The van der Waals surface area contributed by atoms with Crippen LogP contribution in [0.15, 0.2) is 30.3 Å². The molecule has 148 valence electrons. The van der Waals surface area contributed by atoms with Gasteiger partial charge in [0.05, 0.1) is 17.1 Å². The lowest BCUT2D eigenvalue weighted by molar-refractivity contribution is 0.0707. The fourth-order valence-electron chi connectivity index (χ4n) is 3.84. The second-order valence-electron chi connectivity index (χ2n) is 7.96. The third-order valence-electron chi connectivity index (χ3n) is 4.85. The lowest BCUT2D eigenvalue weighted by Gasteiger charge is -2.38. The number of aromatic nitrogens is 2. The number of benzene rings is 1. The quantitative estimate of drug-likeness (QED) is 0.638. The van der Waals surface area contributed by atoms with Crippen LogP contribution in [0, 0.1) is 0 Å². The minimum Gasteiger partial charge on any atom is -0.465 e. The summed E-state index contributed by atoms with van der Waals surface area (Å²) in [4.78, 5) is 29.4. The van der Waals surface area contributed by atoms with Gasteiger partial charge in [-0.2, -0.15) is 0 Å². The standard InChI is InChI=1S/C20H25N5O3/c1-11(25(19(27)28)20(2,3)4)10-24-15-8-6-5-7-12(15)13-9-14(17(22)26)16(21)23-18(13)24/h5-9,11H,10H2,1-4H3,(H2,21,23)(H2,22,26)(H,27,28)/t11-/m0/s1. The number of amides is 2. The number of para-hydroxylation sites is 1. The van der Waals surface area contributed by atoms with Gasteiger partial charge in [0.1, 0.15) is 11.5 Å². The predicted octanol–water partition coefficient (Wildman–Crippen LogP) is 3.04. The number of nitrogens with zero attached hydrogens (tertiary/aromatic N) is 3. The fraction of sp³-hybridized carbons (Fsp3) is 0.350. The topological polar surface area (TPSA) is 127 Å². The molecular formula is C20H25N5O3. The molecule has 0 saturated carbocycles. The second-order valence-corrected chi connectivity index (χ2v) is 7.96. The van der Waals surface area contributed by atoms with E-state index < -0.39 is 17.5 Å². The number of nitrogen functional groups attached to an aromatic ring is 1. The number of hydrogen-bond acceptors (Lipinski definition) is 4. The number of nitrogens with two attached hydrogens (primary N) is 2. The summed E-state index contributed by atoms with van der Waals surface area (Å²) in [5, 5.41) is 11.4. The van der Waals surface area contributed by atoms with Gasteiger partial charge in [0, 0.05) is 22.9 Å². The van der Waals surface area contributed by atoms with E-state index in [0.717, 1.165) is 16.3 Å². The molecule has 8 heteroatoms. The summed E-state index contributed by atoms with van der Waals surface area (Å²) in [6.07, 6.45) is -0.982. The summed E-state index contributed by atoms with van der Waals surface area (Å²) in [5.74, 6) is -0.579. The highest BCUT2D eigenvalue weighted by Crippen LogP contribution is 2.31. The van der Waals surface area contributed by atoms with Crippen LogP contribution in [-0.2, 0) is 6.54 Å². The number of carbonyl (C=O) groups excluding carboxylic acids is 1. The average Bonchev–Trinajstić information content (AvgIpc) is 2.85. The number of anilines is 1. The van der Waals surface area contributed by atoms with E-state index in [4.69, 9.17) is 11.5 Å². The molecule has 0 spiro atoms. The molecular weight excluding hydrogens is 358 g/mol. The zero-order valence-electron chi connectivity index (χ0n) is 16.4. The van der Waals surface area contributed by atoms with Gasteiger partial charge in [-0.3, -0.25) is 9.69 Å². The van der Waals surface area contributed by atoms with Gasteiger partial charge in [0.25, 0.3) is 5.91 Å². The van der Waals surface area contributed by atoms with Crippen LogP contribution in [0.2, 0.25) is 0 Å². The van der Waals surface area contributed by atoms with Crippen molar-refractivity contribution in [2.24, 2.45) is 5.73 Å². The largest absolute Gasteiger partial charge is 0.465 e. The van der Waals surface area contributed by atoms with Crippen molar-refractivity contribution < 1.29 is 14.7 Å². The van der Waals surface area contributed by atoms with Crippen LogP contribution < -0.4 is 11.5 Å². The first kappa shape index (κ1) is 19.5. The van der Waals surface area contributed by atoms with Crippen LogP contribution in [0.5, 0.6) is 0 Å². The monoisotopic (exact) mass is 383 g/mol. The van der Waals surface area contributed by atoms with Gasteiger partial charge in [-0.05, 0) is 39.8 Å². The van der Waals surface area contributed by atoms with Crippen LogP contribution in [0.3, 0.4) is 0 Å². The van der Waals surface area contributed by atoms with Crippen molar-refractivity contribution >= 4 is 39.8 Å². The number of carboxylic acid groups (broad SMARTS) is 1. The van der Waals surface area contributed by atoms with Crippen LogP contribution >= 0.6 is 0 Å². The summed E-state index contributed by atoms with van der Waals surface area (Å²) in [6, 6.07) is 9.00. The van der Waals surface area contributed by atoms with Crippen LogP contribution in [-0.4, -0.2) is 43.1 Å². The number of primary amides is 1. The number of hydrogen-bond donors (Lipinski definition) is 3. The van der Waals surface area contributed by atoms with Gasteiger partial charge in [0.15, 0.2) is 0 Å². The molecule has 0 fully saturated rings. The van der Waals surface area contributed by atoms with Crippen molar-refractivity contribution in [3.05, 3.63) is 35.9 Å². The summed E-state index contributed by atoms with van der Waals surface area (Å²) in [5.41, 5.74) is 12.5. The Balaban J connectivity index is 2.21. The van der Waals surface area contributed by atoms with E-state index in [1.165, 1.54) is 4.90 Å². The van der Waals surface area contributed by atoms with Crippen molar-refractivity contribution in [1.82, 2.24) is 14.5 Å². The maximum absolute atomic E-state index is 11.8. The van der Waals surface area contributed by atoms with Crippen molar-refractivity contribution in [3.8, 4) is 0 Å². The molecule has 2 amide bonds. The van der Waals surface area contributed by atoms with E-state index >= 15 is 0 Å². The Morgan fingerprint density at radius 1 is 1.25 bits per heavy atom. The van der Waals surface area contributed by atoms with Crippen LogP contribution in [0.25, 0.3) is 21.9 Å². The Kier molecular flexibility index (Phi) is 4.66. The Morgan fingerprint density at radius 3 is 2.46 bits per heavy atom. The van der Waals surface area contributed by atoms with Crippen molar-refractivity contribution in [3.63, 3.8) is 0 Å². The van der Waals surface area contributed by atoms with Crippen molar-refractivity contribution in [2.75, 3.05) is 5.73 Å². The summed E-state index contributed by atoms with van der Waals surface area (Å²) < 4.78 is 1.94. The molecule has 8 nitrogen and oxygen atoms in total. The van der Waals surface area contributed by atoms with E-state index in [9.17, 15) is 14.7 Å². The van der Waals surface area contributed by atoms with E-state index in [0.29, 0.717) is 12.2 Å². The molecule has 0 bridgehead atoms. The zero-order chi connectivity index (χ0) is 20.8. The molecule has 2 heterocycles. The van der Waals surface area contributed by atoms with Gasteiger partial charge in [-0.25, -0.2) is 9.78 Å². The second kappa shape index (κ2) is 6.70. The minimum atomic E-state index is -0.982. The first-order chi connectivity index (χ1) is 13.0. The maximum atomic E-state index is 11.8. The molecule has 0 unspecified atom stereocenters. The maximum Gasteiger partial charge on any atom is 0.408 e. The van der Waals surface area contributed by atoms with Crippen molar-refractivity contribution in [1.29, 1.82) is 0 Å². The first-order valence-corrected chi connectivity index (χ1v) is 9.02. The molecule has 1 atom stereocenters. The molecule has 0 saturated heterocycles. The normalized spacial score (nSPS) is 13.0. The molecule has 5 N–H and O–H groups in total. The van der Waals surface area contributed by atoms with E-state index in [1.807, 2.05) is 56.5 Å². The van der Waals surface area contributed by atoms with Gasteiger partial charge in [-0.1, -0.05) is 18.2 Å². The average molecular weight is 383 g/mol. The zero-order valence-corrected chi connectivity index (χ0v) is 16.4. The molecule has 2 aromatic heterocycles. The molecule has 3 rings (SSSR count). The molecule has 3 aromatic rings. The Bertz CT molecular complexity index is 1080. The number of fused-ring (bicyclic) bond motifs is 3. The van der Waals surface area contributed by atoms with Gasteiger partial charge in [-0.15, -0.1) is 0 Å². The molecule has 0 radical (unpaired) electrons. The summed E-state index contributed by atoms with van der Waals surface area (Å²) in [6.45, 7) is 7.83. The lowest BCUT2D eigenvalue weighted by Crippen LogP contribution is -2.51. The molecule has 28 heavy (non-hydrogen) atoms. The Labute approximate surface area is 162 Å². The third kappa shape index (κ3) is 3.21. The number of pyridine rings is 1. The summed E-state index contributed by atoms with van der Waals surface area (Å²) in [7, 11) is 0. The SMILES string of the molecule is C[C@@H](Cn1c2ccccc2c2cc(C(N)=O)c(N)nc21)N(C(=O)O)C(C)(C)C. The minimum absolute atomic E-state index is 0.0580. The molecule has 0 aliphatic carbocycles. The van der Waals surface area contributed by atoms with E-state index in [-0.39, 0.29) is 17.4 Å². The lowest BCUT2D eigenvalue weighted by atomic mass is 10.0. The van der Waals surface area contributed by atoms with Gasteiger partial charge in [0.2, 0.25) is 0 Å². The highest BCUT2D eigenvalue weighted by atomic mass is 16.4. The smallest absolute Gasteiger partial charge is 0.408 e.